The first-order valence-electron chi connectivity index (χ1n) is 9.95. The number of nitrogens with one attached hydrogen (secondary N) is 2. The maximum absolute atomic E-state index is 12.3. The second kappa shape index (κ2) is 9.45. The van der Waals surface area contributed by atoms with Crippen LogP contribution in [0.1, 0.15) is 47.2 Å². The van der Waals surface area contributed by atoms with Crippen LogP contribution in [0, 0.1) is 13.8 Å². The lowest BCUT2D eigenvalue weighted by atomic mass is 10.1. The lowest BCUT2D eigenvalue weighted by molar-refractivity contribution is -0.115. The number of anilines is 1. The number of rotatable bonds is 7. The molecule has 0 spiro atoms. The van der Waals surface area contributed by atoms with E-state index < -0.39 is 0 Å². The van der Waals surface area contributed by atoms with Gasteiger partial charge in [-0.2, -0.15) is 0 Å². The van der Waals surface area contributed by atoms with Crippen molar-refractivity contribution in [3.05, 3.63) is 53.1 Å². The minimum atomic E-state index is -0.306. The Kier molecular flexibility index (Phi) is 6.75. The van der Waals surface area contributed by atoms with Gasteiger partial charge in [-0.15, -0.1) is 0 Å². The summed E-state index contributed by atoms with van der Waals surface area (Å²) < 4.78 is 11.4. The second-order valence-electron chi connectivity index (χ2n) is 7.50. The predicted molar refractivity (Wildman–Crippen MR) is 113 cm³/mol. The van der Waals surface area contributed by atoms with E-state index in [2.05, 4.69) is 10.6 Å². The van der Waals surface area contributed by atoms with Gasteiger partial charge in [0, 0.05) is 17.3 Å². The molecule has 2 amide bonds. The SMILES string of the molecule is COc1ccc(NC(=O)CNC(=O)c2cc(C)cc(C)c2)cc1OC1CCCC1. The molecule has 0 heterocycles. The van der Waals surface area contributed by atoms with Crippen molar-refractivity contribution in [3.63, 3.8) is 0 Å². The van der Waals surface area contributed by atoms with Crippen LogP contribution in [0.25, 0.3) is 0 Å². The van der Waals surface area contributed by atoms with Crippen molar-refractivity contribution in [3.8, 4) is 11.5 Å². The van der Waals surface area contributed by atoms with Crippen LogP contribution in [0.15, 0.2) is 36.4 Å². The lowest BCUT2D eigenvalue weighted by Crippen LogP contribution is -2.32. The molecule has 2 aromatic rings. The van der Waals surface area contributed by atoms with Crippen LogP contribution in [0.5, 0.6) is 11.5 Å². The van der Waals surface area contributed by atoms with Gasteiger partial charge < -0.3 is 20.1 Å². The third kappa shape index (κ3) is 5.73. The number of aryl methyl sites for hydroxylation is 2. The molecular weight excluding hydrogens is 368 g/mol. The molecule has 2 aromatic carbocycles. The molecule has 1 aliphatic rings. The summed E-state index contributed by atoms with van der Waals surface area (Å²) in [5, 5.41) is 5.46. The third-order valence-corrected chi connectivity index (χ3v) is 4.94. The summed E-state index contributed by atoms with van der Waals surface area (Å²) in [4.78, 5) is 24.6. The minimum absolute atomic E-state index is 0.114. The number of hydrogen-bond acceptors (Lipinski definition) is 4. The fourth-order valence-electron chi connectivity index (χ4n) is 3.61. The summed E-state index contributed by atoms with van der Waals surface area (Å²) in [7, 11) is 1.59. The van der Waals surface area contributed by atoms with E-state index in [1.54, 1.807) is 37.4 Å². The molecule has 1 saturated carbocycles. The van der Waals surface area contributed by atoms with E-state index in [0.717, 1.165) is 24.0 Å². The topological polar surface area (TPSA) is 76.7 Å². The van der Waals surface area contributed by atoms with E-state index >= 15 is 0 Å². The monoisotopic (exact) mass is 396 g/mol. The van der Waals surface area contributed by atoms with Crippen LogP contribution in [0.3, 0.4) is 0 Å². The van der Waals surface area contributed by atoms with Crippen LogP contribution in [0.2, 0.25) is 0 Å². The first-order chi connectivity index (χ1) is 13.9. The fraction of sp³-hybridized carbons (Fsp3) is 0.391. The zero-order chi connectivity index (χ0) is 20.8. The largest absolute Gasteiger partial charge is 0.493 e. The zero-order valence-electron chi connectivity index (χ0n) is 17.2. The van der Waals surface area contributed by atoms with Crippen LogP contribution in [0.4, 0.5) is 5.69 Å². The Morgan fingerprint density at radius 2 is 1.69 bits per heavy atom. The Hall–Kier alpha value is -3.02. The van der Waals surface area contributed by atoms with Gasteiger partial charge in [0.15, 0.2) is 11.5 Å². The lowest BCUT2D eigenvalue weighted by Gasteiger charge is -2.17. The average molecular weight is 396 g/mol. The fourth-order valence-corrected chi connectivity index (χ4v) is 3.61. The Balaban J connectivity index is 1.58. The van der Waals surface area contributed by atoms with E-state index in [-0.39, 0.29) is 24.5 Å². The van der Waals surface area contributed by atoms with Gasteiger partial charge in [0.2, 0.25) is 5.91 Å². The van der Waals surface area contributed by atoms with Gasteiger partial charge in [-0.25, -0.2) is 0 Å². The molecule has 1 aliphatic carbocycles. The molecule has 1 fully saturated rings. The van der Waals surface area contributed by atoms with Gasteiger partial charge in [-0.1, -0.05) is 17.2 Å². The van der Waals surface area contributed by atoms with Gasteiger partial charge in [0.05, 0.1) is 19.8 Å². The van der Waals surface area contributed by atoms with Crippen molar-refractivity contribution < 1.29 is 19.1 Å². The standard InChI is InChI=1S/C23H28N2O4/c1-15-10-16(2)12-17(11-15)23(27)24-14-22(26)25-18-8-9-20(28-3)21(13-18)29-19-6-4-5-7-19/h8-13,19H,4-7,14H2,1-3H3,(H,24,27)(H,25,26). The molecule has 0 bridgehead atoms. The molecule has 0 atom stereocenters. The Bertz CT molecular complexity index is 868. The van der Waals surface area contributed by atoms with Gasteiger partial charge in [0.25, 0.3) is 5.91 Å². The second-order valence-corrected chi connectivity index (χ2v) is 7.50. The summed E-state index contributed by atoms with van der Waals surface area (Å²) >= 11 is 0. The van der Waals surface area contributed by atoms with Crippen LogP contribution in [-0.2, 0) is 4.79 Å². The summed E-state index contributed by atoms with van der Waals surface area (Å²) in [5.74, 6) is 0.682. The molecule has 6 nitrogen and oxygen atoms in total. The molecule has 0 aromatic heterocycles. The zero-order valence-corrected chi connectivity index (χ0v) is 17.2. The van der Waals surface area contributed by atoms with Crippen molar-refractivity contribution in [2.24, 2.45) is 0 Å². The third-order valence-electron chi connectivity index (χ3n) is 4.94. The van der Waals surface area contributed by atoms with Crippen LogP contribution < -0.4 is 20.1 Å². The van der Waals surface area contributed by atoms with Crippen molar-refractivity contribution >= 4 is 17.5 Å². The normalized spacial score (nSPS) is 13.8. The van der Waals surface area contributed by atoms with E-state index in [0.29, 0.717) is 22.7 Å². The molecule has 0 radical (unpaired) electrons. The summed E-state index contributed by atoms with van der Waals surface area (Å²) in [6.45, 7) is 3.76. The maximum Gasteiger partial charge on any atom is 0.251 e. The Labute approximate surface area is 171 Å². The molecule has 2 N–H and O–H groups in total. The quantitative estimate of drug-likeness (QED) is 0.742. The number of methoxy groups -OCH3 is 1. The first-order valence-corrected chi connectivity index (χ1v) is 9.95. The Morgan fingerprint density at radius 3 is 2.34 bits per heavy atom. The summed E-state index contributed by atoms with van der Waals surface area (Å²) in [6, 6.07) is 10.9. The molecule has 154 valence electrons. The minimum Gasteiger partial charge on any atom is -0.493 e. The number of carbonyl (C=O) groups excluding carboxylic acids is 2. The number of ether oxygens (including phenoxy) is 2. The number of benzene rings is 2. The van der Waals surface area contributed by atoms with Gasteiger partial charge >= 0.3 is 0 Å². The predicted octanol–water partition coefficient (Wildman–Crippen LogP) is 4.00. The van der Waals surface area contributed by atoms with E-state index in [1.165, 1.54) is 12.8 Å². The van der Waals surface area contributed by atoms with Crippen molar-refractivity contribution in [1.82, 2.24) is 5.32 Å². The van der Waals surface area contributed by atoms with Gasteiger partial charge in [-0.05, 0) is 63.8 Å². The summed E-state index contributed by atoms with van der Waals surface area (Å²) in [6.07, 6.45) is 4.59. The smallest absolute Gasteiger partial charge is 0.251 e. The van der Waals surface area contributed by atoms with E-state index in [9.17, 15) is 9.59 Å². The Morgan fingerprint density at radius 1 is 1.00 bits per heavy atom. The van der Waals surface area contributed by atoms with Gasteiger partial charge in [0.1, 0.15) is 0 Å². The van der Waals surface area contributed by atoms with Crippen LogP contribution in [-0.4, -0.2) is 31.6 Å². The van der Waals surface area contributed by atoms with Gasteiger partial charge in [-0.3, -0.25) is 9.59 Å². The highest BCUT2D eigenvalue weighted by Crippen LogP contribution is 2.33. The van der Waals surface area contributed by atoms with Crippen LogP contribution >= 0.6 is 0 Å². The highest BCUT2D eigenvalue weighted by atomic mass is 16.5. The molecule has 3 rings (SSSR count). The number of hydrogen-bond donors (Lipinski definition) is 2. The summed E-state index contributed by atoms with van der Waals surface area (Å²) in [5.41, 5.74) is 3.16. The first kappa shape index (κ1) is 20.7. The molecule has 6 heteroatoms. The number of carbonyl (C=O) groups is 2. The molecule has 0 saturated heterocycles. The highest BCUT2D eigenvalue weighted by molar-refractivity contribution is 5.99. The van der Waals surface area contributed by atoms with Crippen molar-refractivity contribution in [1.29, 1.82) is 0 Å². The van der Waals surface area contributed by atoms with E-state index in [1.807, 2.05) is 19.9 Å². The molecule has 0 unspecified atom stereocenters. The molecule has 29 heavy (non-hydrogen) atoms. The van der Waals surface area contributed by atoms with Crippen molar-refractivity contribution in [2.45, 2.75) is 45.6 Å². The molecule has 0 aliphatic heterocycles. The average Bonchev–Trinajstić information content (AvgIpc) is 3.18. The molecular formula is C23H28N2O4. The highest BCUT2D eigenvalue weighted by Gasteiger charge is 2.19. The number of amides is 2. The van der Waals surface area contributed by atoms with Crippen molar-refractivity contribution in [2.75, 3.05) is 19.0 Å². The maximum atomic E-state index is 12.3. The van der Waals surface area contributed by atoms with E-state index in [4.69, 9.17) is 9.47 Å².